The lowest BCUT2D eigenvalue weighted by molar-refractivity contribution is -0.138. The standard InChI is InChI=1S/C21H19NO4.C21H19NO3S.C14H14O3.C7H7NO2/c1-13(21(24)26-18-8-5-14(6-9-18)20(22)23)15-3-4-17-12-19(25-2)10-7-16(17)11-15;1-13(21(23)25-18-8-5-14(6-9-18)20(22)26)15-3-4-17-12-19(24-2)10-7-16(17)11-15;1-9(14(15)16)10-3-4-12-8-13(17-2)6-5-11(12)7-10;8-7(10)5-1-3-6(9)4-2-5/h3-13H,1-2H3,(H2,22,23);3-13H,1-2H3,(H2,22,26);3-9H,1-2H3,(H,15,16);1-4,9H,(H2,8,10). The highest BCUT2D eigenvalue weighted by Crippen LogP contribution is 2.29. The number of hydrogen-bond donors (Lipinski definition) is 5. The first-order valence-electron chi connectivity index (χ1n) is 24.5. The molecule has 9 aromatic rings. The fourth-order valence-corrected chi connectivity index (χ4v) is 7.88. The van der Waals surface area contributed by atoms with E-state index >= 15 is 0 Å². The van der Waals surface area contributed by atoms with Gasteiger partial charge in [-0.25, -0.2) is 0 Å². The lowest BCUT2D eigenvalue weighted by atomic mass is 9.98. The normalized spacial score (nSPS) is 11.6. The summed E-state index contributed by atoms with van der Waals surface area (Å²) in [7, 11) is 4.90. The van der Waals surface area contributed by atoms with Crippen molar-refractivity contribution in [1.82, 2.24) is 0 Å². The van der Waals surface area contributed by atoms with Gasteiger partial charge in [0, 0.05) is 16.7 Å². The molecule has 3 atom stereocenters. The second kappa shape index (κ2) is 27.3. The molecule has 0 fully saturated rings. The second-order valence-corrected chi connectivity index (χ2v) is 18.4. The molecular formula is C63H59N3O12S. The molecular weight excluding hydrogens is 1020 g/mol. The van der Waals surface area contributed by atoms with E-state index in [1.54, 1.807) is 71.6 Å². The van der Waals surface area contributed by atoms with Gasteiger partial charge in [-0.2, -0.15) is 0 Å². The zero-order valence-electron chi connectivity index (χ0n) is 44.2. The maximum Gasteiger partial charge on any atom is 0.318 e. The van der Waals surface area contributed by atoms with Gasteiger partial charge in [-0.15, -0.1) is 0 Å². The molecule has 0 radical (unpaired) electrons. The first kappa shape index (κ1) is 58.5. The average Bonchev–Trinajstić information content (AvgIpc) is 3.47. The van der Waals surface area contributed by atoms with Crippen LogP contribution in [-0.4, -0.2) is 66.3 Å². The number of esters is 2. The molecule has 0 aliphatic heterocycles. The quantitative estimate of drug-likeness (QED) is 0.0386. The smallest absolute Gasteiger partial charge is 0.318 e. The Kier molecular flexibility index (Phi) is 20.2. The molecule has 8 N–H and O–H groups in total. The minimum absolute atomic E-state index is 0.130. The maximum absolute atomic E-state index is 12.5. The molecule has 0 aromatic heterocycles. The minimum Gasteiger partial charge on any atom is -0.508 e. The molecule has 3 unspecified atom stereocenters. The van der Waals surface area contributed by atoms with Gasteiger partial charge in [-0.05, 0) is 179 Å². The van der Waals surface area contributed by atoms with Crippen LogP contribution in [0.2, 0.25) is 0 Å². The van der Waals surface area contributed by atoms with E-state index in [2.05, 4.69) is 0 Å². The van der Waals surface area contributed by atoms with E-state index in [4.69, 9.17) is 63.3 Å². The molecule has 9 aromatic carbocycles. The van der Waals surface area contributed by atoms with Crippen molar-refractivity contribution in [3.05, 3.63) is 215 Å². The number of fused-ring (bicyclic) bond motifs is 3. The lowest BCUT2D eigenvalue weighted by Crippen LogP contribution is -2.16. The summed E-state index contributed by atoms with van der Waals surface area (Å²) in [6, 6.07) is 53.6. The molecule has 16 heteroatoms. The van der Waals surface area contributed by atoms with Gasteiger partial charge >= 0.3 is 17.9 Å². The first-order valence-corrected chi connectivity index (χ1v) is 25.0. The van der Waals surface area contributed by atoms with Crippen LogP contribution in [0, 0.1) is 0 Å². The van der Waals surface area contributed by atoms with Crippen LogP contribution in [0.4, 0.5) is 0 Å². The number of ether oxygens (including phenoxy) is 5. The summed E-state index contributed by atoms with van der Waals surface area (Å²) in [6.07, 6.45) is 0. The predicted octanol–water partition coefficient (Wildman–Crippen LogP) is 11.4. The molecule has 404 valence electrons. The number of phenolic OH excluding ortho intramolecular Hbond substituents is 1. The number of carboxylic acids is 1. The SMILES string of the molecule is COc1ccc2cc(C(C)C(=O)O)ccc2c1.COc1ccc2cc(C(C)C(=O)Oc3ccc(C(N)=O)cc3)ccc2c1.COc1ccc2cc(C(C)C(=O)Oc3ccc(C(N)=S)cc3)ccc2c1.NC(=O)c1ccc(O)cc1. The summed E-state index contributed by atoms with van der Waals surface area (Å²) in [6.45, 7) is 5.31. The van der Waals surface area contributed by atoms with Crippen LogP contribution in [-0.2, 0) is 14.4 Å². The van der Waals surface area contributed by atoms with E-state index in [9.17, 15) is 24.0 Å². The Morgan fingerprint density at radius 2 is 0.671 bits per heavy atom. The zero-order valence-corrected chi connectivity index (χ0v) is 45.0. The van der Waals surface area contributed by atoms with Gasteiger partial charge in [-0.1, -0.05) is 85.0 Å². The van der Waals surface area contributed by atoms with Gasteiger partial charge in [0.15, 0.2) is 0 Å². The fourth-order valence-electron chi connectivity index (χ4n) is 7.74. The van der Waals surface area contributed by atoms with Gasteiger partial charge in [0.1, 0.15) is 39.5 Å². The van der Waals surface area contributed by atoms with Crippen LogP contribution in [0.1, 0.15) is 81.5 Å². The number of primary amides is 2. The number of hydrogen-bond acceptors (Lipinski definition) is 12. The number of aromatic hydroxyl groups is 1. The minimum atomic E-state index is -0.808. The largest absolute Gasteiger partial charge is 0.508 e. The van der Waals surface area contributed by atoms with Gasteiger partial charge in [0.25, 0.3) is 0 Å². The van der Waals surface area contributed by atoms with Crippen molar-refractivity contribution in [1.29, 1.82) is 0 Å². The van der Waals surface area contributed by atoms with E-state index in [0.717, 1.165) is 71.8 Å². The van der Waals surface area contributed by atoms with Crippen LogP contribution in [0.5, 0.6) is 34.5 Å². The number of nitrogens with two attached hydrogens (primary N) is 3. The summed E-state index contributed by atoms with van der Waals surface area (Å²) in [5.74, 6) is -0.454. The van der Waals surface area contributed by atoms with Crippen molar-refractivity contribution in [2.75, 3.05) is 21.3 Å². The van der Waals surface area contributed by atoms with E-state index in [1.165, 1.54) is 36.4 Å². The summed E-state index contributed by atoms with van der Waals surface area (Å²) in [5.41, 5.74) is 19.8. The Bertz CT molecular complexity index is 3480. The van der Waals surface area contributed by atoms with E-state index in [-0.39, 0.29) is 17.7 Å². The lowest BCUT2D eigenvalue weighted by Gasteiger charge is -2.13. The summed E-state index contributed by atoms with van der Waals surface area (Å²) in [4.78, 5) is 57.7. The average molecular weight is 1080 g/mol. The molecule has 0 aliphatic rings. The number of phenols is 1. The topological polar surface area (TPSA) is 250 Å². The van der Waals surface area contributed by atoms with Crippen molar-refractivity contribution in [3.63, 3.8) is 0 Å². The van der Waals surface area contributed by atoms with Crippen molar-refractivity contribution >= 4 is 79.2 Å². The number of aliphatic carboxylic acids is 1. The maximum atomic E-state index is 12.5. The first-order chi connectivity index (χ1) is 37.8. The Balaban J connectivity index is 0.000000179. The van der Waals surface area contributed by atoms with Gasteiger partial charge in [0.05, 0.1) is 39.1 Å². The zero-order chi connectivity index (χ0) is 57.3. The molecule has 0 bridgehead atoms. The Morgan fingerprint density at radius 3 is 0.975 bits per heavy atom. The van der Waals surface area contributed by atoms with E-state index in [1.807, 2.05) is 116 Å². The Labute approximate surface area is 462 Å². The number of methoxy groups -OCH3 is 3. The third kappa shape index (κ3) is 16.1. The third-order valence-electron chi connectivity index (χ3n) is 12.7. The Hall–Kier alpha value is -9.80. The van der Waals surface area contributed by atoms with E-state index < -0.39 is 35.5 Å². The van der Waals surface area contributed by atoms with Crippen molar-refractivity contribution in [2.45, 2.75) is 38.5 Å². The molecule has 0 saturated heterocycles. The molecule has 9 rings (SSSR count). The summed E-state index contributed by atoms with van der Waals surface area (Å²) < 4.78 is 26.5. The van der Waals surface area contributed by atoms with Crippen LogP contribution < -0.4 is 40.9 Å². The third-order valence-corrected chi connectivity index (χ3v) is 12.9. The molecule has 79 heavy (non-hydrogen) atoms. The summed E-state index contributed by atoms with van der Waals surface area (Å²) in [5, 5.41) is 24.0. The van der Waals surface area contributed by atoms with Crippen LogP contribution in [0.3, 0.4) is 0 Å². The molecule has 15 nitrogen and oxygen atoms in total. The summed E-state index contributed by atoms with van der Waals surface area (Å²) >= 11 is 4.92. The highest BCUT2D eigenvalue weighted by atomic mass is 32.1. The number of carboxylic acid groups (broad SMARTS) is 1. The van der Waals surface area contributed by atoms with Crippen molar-refractivity contribution in [3.8, 4) is 34.5 Å². The predicted molar refractivity (Wildman–Crippen MR) is 310 cm³/mol. The van der Waals surface area contributed by atoms with Crippen molar-refractivity contribution < 1.29 is 57.9 Å². The van der Waals surface area contributed by atoms with Gasteiger partial charge in [0.2, 0.25) is 11.8 Å². The van der Waals surface area contributed by atoms with E-state index in [0.29, 0.717) is 27.6 Å². The molecule has 0 spiro atoms. The number of thiocarbonyl (C=S) groups is 1. The molecule has 0 saturated carbocycles. The van der Waals surface area contributed by atoms with Crippen LogP contribution in [0.15, 0.2) is 182 Å². The molecule has 2 amide bonds. The number of carbonyl (C=O) groups excluding carboxylic acids is 4. The van der Waals surface area contributed by atoms with Gasteiger partial charge in [-0.3, -0.25) is 24.0 Å². The monoisotopic (exact) mass is 1080 g/mol. The highest BCUT2D eigenvalue weighted by Gasteiger charge is 2.20. The highest BCUT2D eigenvalue weighted by molar-refractivity contribution is 7.80. The van der Waals surface area contributed by atoms with Crippen LogP contribution in [0.25, 0.3) is 32.3 Å². The number of rotatable bonds is 14. The molecule has 0 aliphatic carbocycles. The number of benzene rings is 9. The number of carbonyl (C=O) groups is 5. The van der Waals surface area contributed by atoms with Crippen molar-refractivity contribution in [2.24, 2.45) is 17.2 Å². The van der Waals surface area contributed by atoms with Gasteiger partial charge < -0.3 is 51.1 Å². The Morgan fingerprint density at radius 1 is 0.392 bits per heavy atom. The van der Waals surface area contributed by atoms with Crippen LogP contribution >= 0.6 is 12.2 Å². The fraction of sp³-hybridized carbons (Fsp3) is 0.143. The molecule has 0 heterocycles. The number of amides is 2. The second-order valence-electron chi connectivity index (χ2n) is 18.0.